The minimum absolute atomic E-state index is 0.150. The number of carbonyl (C=O) groups is 2. The molecule has 0 spiro atoms. The van der Waals surface area contributed by atoms with Gasteiger partial charge in [0.2, 0.25) is 0 Å². The van der Waals surface area contributed by atoms with E-state index >= 15 is 0 Å². The number of hydrogen-bond acceptors (Lipinski definition) is 6. The number of anilines is 1. The lowest BCUT2D eigenvalue weighted by Gasteiger charge is -2.32. The van der Waals surface area contributed by atoms with Gasteiger partial charge in [0.1, 0.15) is 0 Å². The third-order valence-corrected chi connectivity index (χ3v) is 5.19. The zero-order chi connectivity index (χ0) is 21.3. The molecule has 2 amide bonds. The van der Waals surface area contributed by atoms with Crippen molar-refractivity contribution in [3.05, 3.63) is 47.5 Å². The lowest BCUT2D eigenvalue weighted by atomic mass is 10.2. The highest BCUT2D eigenvalue weighted by Gasteiger charge is 2.30. The summed E-state index contributed by atoms with van der Waals surface area (Å²) in [6.45, 7) is 7.38. The molecule has 3 aromatic rings. The first-order valence-electron chi connectivity index (χ1n) is 9.94. The molecule has 0 saturated carbocycles. The first-order chi connectivity index (χ1) is 14.4. The predicted octanol–water partition coefficient (Wildman–Crippen LogP) is 1.94. The van der Waals surface area contributed by atoms with Gasteiger partial charge in [-0.05, 0) is 39.0 Å². The number of morpholine rings is 1. The van der Waals surface area contributed by atoms with Gasteiger partial charge in [0.05, 0.1) is 47.3 Å². The summed E-state index contributed by atoms with van der Waals surface area (Å²) in [7, 11) is 0. The van der Waals surface area contributed by atoms with E-state index in [0.29, 0.717) is 36.5 Å². The zero-order valence-electron chi connectivity index (χ0n) is 17.3. The third kappa shape index (κ3) is 4.02. The van der Waals surface area contributed by atoms with Crippen LogP contribution in [0.4, 0.5) is 5.69 Å². The van der Waals surface area contributed by atoms with Crippen LogP contribution in [0.1, 0.15) is 28.7 Å². The van der Waals surface area contributed by atoms with E-state index < -0.39 is 6.10 Å². The Balaban J connectivity index is 1.44. The molecule has 0 bridgehead atoms. The van der Waals surface area contributed by atoms with Crippen LogP contribution in [0.25, 0.3) is 11.0 Å². The van der Waals surface area contributed by atoms with E-state index in [0.717, 1.165) is 16.9 Å². The molecule has 1 aliphatic heterocycles. The average molecular weight is 408 g/mol. The second-order valence-electron chi connectivity index (χ2n) is 7.28. The van der Waals surface area contributed by atoms with Crippen molar-refractivity contribution >= 4 is 28.5 Å². The molecule has 1 saturated heterocycles. The fourth-order valence-corrected chi connectivity index (χ4v) is 3.35. The summed E-state index contributed by atoms with van der Waals surface area (Å²) in [5, 5.41) is 7.01. The van der Waals surface area contributed by atoms with E-state index in [4.69, 9.17) is 4.74 Å². The van der Waals surface area contributed by atoms with Crippen molar-refractivity contribution in [2.24, 2.45) is 0 Å². The number of carbonyl (C=O) groups excluding carboxylic acids is 2. The standard InChI is InChI=1S/C21H24N6O3/c1-4-27-11-15(10-22-27)21(29)26-7-8-30-19(12-26)20(28)25-16-5-6-17-18(9-16)24-14(3)13(2)23-17/h5-6,9-11,19H,4,7-8,12H2,1-3H3,(H,25,28). The van der Waals surface area contributed by atoms with Crippen molar-refractivity contribution in [2.75, 3.05) is 25.0 Å². The minimum Gasteiger partial charge on any atom is -0.365 e. The molecule has 30 heavy (non-hydrogen) atoms. The van der Waals surface area contributed by atoms with E-state index in [9.17, 15) is 9.59 Å². The van der Waals surface area contributed by atoms with E-state index in [1.807, 2.05) is 26.8 Å². The molecule has 0 aliphatic carbocycles. The van der Waals surface area contributed by atoms with Gasteiger partial charge in [0, 0.05) is 25.0 Å². The summed E-state index contributed by atoms with van der Waals surface area (Å²) in [5.74, 6) is -0.449. The Labute approximate surface area is 174 Å². The first-order valence-corrected chi connectivity index (χ1v) is 9.94. The fourth-order valence-electron chi connectivity index (χ4n) is 3.35. The Morgan fingerprint density at radius 1 is 1.20 bits per heavy atom. The Morgan fingerprint density at radius 3 is 2.70 bits per heavy atom. The van der Waals surface area contributed by atoms with Crippen LogP contribution in [0.2, 0.25) is 0 Å². The second-order valence-corrected chi connectivity index (χ2v) is 7.28. The van der Waals surface area contributed by atoms with E-state index in [2.05, 4.69) is 20.4 Å². The van der Waals surface area contributed by atoms with Gasteiger partial charge in [-0.3, -0.25) is 14.3 Å². The van der Waals surface area contributed by atoms with Crippen LogP contribution < -0.4 is 5.32 Å². The van der Waals surface area contributed by atoms with Crippen LogP contribution in [0.3, 0.4) is 0 Å². The molecule has 1 unspecified atom stereocenters. The molecule has 0 radical (unpaired) electrons. The van der Waals surface area contributed by atoms with E-state index in [1.165, 1.54) is 0 Å². The van der Waals surface area contributed by atoms with Crippen LogP contribution in [0.15, 0.2) is 30.6 Å². The Bertz CT molecular complexity index is 1110. The van der Waals surface area contributed by atoms with Crippen molar-refractivity contribution in [2.45, 2.75) is 33.4 Å². The first kappa shape index (κ1) is 20.0. The lowest BCUT2D eigenvalue weighted by molar-refractivity contribution is -0.131. The fraction of sp³-hybridized carbons (Fsp3) is 0.381. The number of aryl methyl sites for hydroxylation is 3. The van der Waals surface area contributed by atoms with Crippen molar-refractivity contribution in [1.29, 1.82) is 0 Å². The SMILES string of the molecule is CCn1cc(C(=O)N2CCOC(C(=O)Nc3ccc4nc(C)c(C)nc4c3)C2)cn1. The highest BCUT2D eigenvalue weighted by molar-refractivity contribution is 5.97. The molecule has 3 heterocycles. The highest BCUT2D eigenvalue weighted by Crippen LogP contribution is 2.19. The molecule has 1 N–H and O–H groups in total. The smallest absolute Gasteiger partial charge is 0.257 e. The van der Waals surface area contributed by atoms with Crippen LogP contribution in [-0.4, -0.2) is 62.3 Å². The minimum atomic E-state index is -0.745. The van der Waals surface area contributed by atoms with E-state index in [1.54, 1.807) is 34.1 Å². The van der Waals surface area contributed by atoms with Gasteiger partial charge in [-0.15, -0.1) is 0 Å². The zero-order valence-corrected chi connectivity index (χ0v) is 17.3. The molecular formula is C21H24N6O3. The molecule has 1 atom stereocenters. The van der Waals surface area contributed by atoms with Crippen molar-refractivity contribution in [1.82, 2.24) is 24.6 Å². The highest BCUT2D eigenvalue weighted by atomic mass is 16.5. The maximum atomic E-state index is 12.8. The van der Waals surface area contributed by atoms with Gasteiger partial charge < -0.3 is 15.0 Å². The van der Waals surface area contributed by atoms with Crippen molar-refractivity contribution < 1.29 is 14.3 Å². The maximum Gasteiger partial charge on any atom is 0.257 e. The van der Waals surface area contributed by atoms with Gasteiger partial charge in [-0.2, -0.15) is 5.10 Å². The maximum absolute atomic E-state index is 12.8. The molecule has 1 aromatic carbocycles. The van der Waals surface area contributed by atoms with Gasteiger partial charge in [0.25, 0.3) is 11.8 Å². The monoisotopic (exact) mass is 408 g/mol. The quantitative estimate of drug-likeness (QED) is 0.708. The number of rotatable bonds is 4. The Kier molecular flexibility index (Phi) is 5.45. The van der Waals surface area contributed by atoms with Crippen LogP contribution in [0.5, 0.6) is 0 Å². The summed E-state index contributed by atoms with van der Waals surface area (Å²) in [6, 6.07) is 5.40. The predicted molar refractivity (Wildman–Crippen MR) is 111 cm³/mol. The summed E-state index contributed by atoms with van der Waals surface area (Å²) < 4.78 is 7.32. The topological polar surface area (TPSA) is 102 Å². The molecule has 156 valence electrons. The van der Waals surface area contributed by atoms with Gasteiger partial charge in [-0.1, -0.05) is 0 Å². The second kappa shape index (κ2) is 8.19. The number of ether oxygens (including phenoxy) is 1. The number of nitrogens with one attached hydrogen (secondary N) is 1. The van der Waals surface area contributed by atoms with E-state index in [-0.39, 0.29) is 18.4 Å². The molecule has 4 rings (SSSR count). The number of aromatic nitrogens is 4. The summed E-state index contributed by atoms with van der Waals surface area (Å²) in [5.41, 5.74) is 4.34. The van der Waals surface area contributed by atoms with Gasteiger partial charge >= 0.3 is 0 Å². The molecule has 1 fully saturated rings. The van der Waals surface area contributed by atoms with Crippen LogP contribution >= 0.6 is 0 Å². The summed E-state index contributed by atoms with van der Waals surface area (Å²) in [4.78, 5) is 36.1. The molecule has 2 aromatic heterocycles. The number of nitrogens with zero attached hydrogens (tertiary/aromatic N) is 5. The van der Waals surface area contributed by atoms with Crippen molar-refractivity contribution in [3.63, 3.8) is 0 Å². The van der Waals surface area contributed by atoms with Crippen LogP contribution in [-0.2, 0) is 16.1 Å². The number of fused-ring (bicyclic) bond motifs is 1. The van der Waals surface area contributed by atoms with Crippen molar-refractivity contribution in [3.8, 4) is 0 Å². The lowest BCUT2D eigenvalue weighted by Crippen LogP contribution is -2.50. The largest absolute Gasteiger partial charge is 0.365 e. The number of amides is 2. The molecular weight excluding hydrogens is 384 g/mol. The summed E-state index contributed by atoms with van der Waals surface area (Å²) >= 11 is 0. The summed E-state index contributed by atoms with van der Waals surface area (Å²) in [6.07, 6.45) is 2.52. The number of benzene rings is 1. The molecule has 1 aliphatic rings. The Morgan fingerprint density at radius 2 is 1.97 bits per heavy atom. The molecule has 9 nitrogen and oxygen atoms in total. The average Bonchev–Trinajstić information content (AvgIpc) is 3.23. The normalized spacial score (nSPS) is 16.6. The third-order valence-electron chi connectivity index (χ3n) is 5.19. The van der Waals surface area contributed by atoms with Gasteiger partial charge in [-0.25, -0.2) is 9.97 Å². The van der Waals surface area contributed by atoms with Crippen LogP contribution in [0, 0.1) is 13.8 Å². The molecule has 9 heteroatoms. The number of hydrogen-bond donors (Lipinski definition) is 1. The van der Waals surface area contributed by atoms with Gasteiger partial charge in [0.15, 0.2) is 6.10 Å². The Hall–Kier alpha value is -3.33.